The Kier molecular flexibility index (Phi) is 4.01. The molecule has 0 aliphatic carbocycles. The summed E-state index contributed by atoms with van der Waals surface area (Å²) in [6.45, 7) is 0.696. The summed E-state index contributed by atoms with van der Waals surface area (Å²) in [5.74, 6) is -1.63. The molecule has 128 valence electrons. The van der Waals surface area contributed by atoms with E-state index in [1.807, 2.05) is 46.3 Å². The number of carbonyl (C=O) groups excluding carboxylic acids is 1. The van der Waals surface area contributed by atoms with Crippen LogP contribution in [-0.4, -0.2) is 44.4 Å². The number of carbonyl (C=O) groups is 2. The lowest BCUT2D eigenvalue weighted by atomic mass is 9.89. The highest BCUT2D eigenvalue weighted by atomic mass is 32.1. The molecule has 0 unspecified atom stereocenters. The van der Waals surface area contributed by atoms with Gasteiger partial charge >= 0.3 is 5.97 Å². The first-order valence-electron chi connectivity index (χ1n) is 8.08. The standard InChI is InChI=1S/C18H17N3O3S/c22-16(8-13-11-25-18-19-6-7-21(13)18)20-9-14(15(10-20)17(23)24)12-4-2-1-3-5-12/h1-7,11,14-15H,8-10H2,(H,23,24)/t14-,15-/m1/s1. The summed E-state index contributed by atoms with van der Waals surface area (Å²) < 4.78 is 1.90. The van der Waals surface area contributed by atoms with E-state index in [1.165, 1.54) is 11.3 Å². The lowest BCUT2D eigenvalue weighted by Crippen LogP contribution is -2.31. The summed E-state index contributed by atoms with van der Waals surface area (Å²) in [5.41, 5.74) is 1.86. The molecule has 0 spiro atoms. The van der Waals surface area contributed by atoms with Gasteiger partial charge in [0.05, 0.1) is 12.3 Å². The van der Waals surface area contributed by atoms with E-state index in [2.05, 4.69) is 4.98 Å². The number of hydrogen-bond acceptors (Lipinski definition) is 4. The van der Waals surface area contributed by atoms with Crippen LogP contribution < -0.4 is 0 Å². The molecule has 1 aliphatic rings. The third-order valence-electron chi connectivity index (χ3n) is 4.77. The zero-order valence-electron chi connectivity index (χ0n) is 13.4. The maximum Gasteiger partial charge on any atom is 0.308 e. The van der Waals surface area contributed by atoms with Gasteiger partial charge in [0.25, 0.3) is 0 Å². The van der Waals surface area contributed by atoms with Crippen molar-refractivity contribution >= 4 is 28.2 Å². The van der Waals surface area contributed by atoms with Crippen molar-refractivity contribution in [2.24, 2.45) is 5.92 Å². The van der Waals surface area contributed by atoms with E-state index in [1.54, 1.807) is 11.1 Å². The number of carboxylic acids is 1. The van der Waals surface area contributed by atoms with Gasteiger partial charge in [0.15, 0.2) is 4.96 Å². The highest BCUT2D eigenvalue weighted by Crippen LogP contribution is 2.33. The number of amides is 1. The number of carboxylic acid groups (broad SMARTS) is 1. The van der Waals surface area contributed by atoms with Gasteiger partial charge < -0.3 is 10.0 Å². The van der Waals surface area contributed by atoms with Gasteiger partial charge in [0.1, 0.15) is 0 Å². The van der Waals surface area contributed by atoms with Crippen molar-refractivity contribution in [3.05, 3.63) is 59.4 Å². The van der Waals surface area contributed by atoms with Crippen LogP contribution in [0.4, 0.5) is 0 Å². The molecule has 1 amide bonds. The monoisotopic (exact) mass is 355 g/mol. The molecule has 3 aromatic rings. The molecule has 0 radical (unpaired) electrons. The van der Waals surface area contributed by atoms with Crippen LogP contribution in [0.25, 0.3) is 4.96 Å². The fourth-order valence-electron chi connectivity index (χ4n) is 3.46. The first-order valence-corrected chi connectivity index (χ1v) is 8.96. The minimum absolute atomic E-state index is 0.0434. The molecule has 1 aromatic carbocycles. The molecule has 2 atom stereocenters. The van der Waals surface area contributed by atoms with Crippen LogP contribution in [0.2, 0.25) is 0 Å². The van der Waals surface area contributed by atoms with E-state index in [9.17, 15) is 14.7 Å². The second-order valence-corrected chi connectivity index (χ2v) is 7.08. The van der Waals surface area contributed by atoms with Crippen molar-refractivity contribution in [3.8, 4) is 0 Å². The van der Waals surface area contributed by atoms with Crippen LogP contribution >= 0.6 is 11.3 Å². The average Bonchev–Trinajstić information content (AvgIpc) is 3.32. The summed E-state index contributed by atoms with van der Waals surface area (Å²) in [4.78, 5) is 31.1. The number of likely N-dealkylation sites (tertiary alicyclic amines) is 1. The number of aliphatic carboxylic acids is 1. The highest BCUT2D eigenvalue weighted by Gasteiger charge is 2.40. The zero-order chi connectivity index (χ0) is 17.4. The lowest BCUT2D eigenvalue weighted by molar-refractivity contribution is -0.141. The SMILES string of the molecule is O=C(O)[C@@H]1CN(C(=O)Cc2csc3nccn23)C[C@@H]1c1ccccc1. The Morgan fingerprint density at radius 3 is 2.80 bits per heavy atom. The van der Waals surface area contributed by atoms with Gasteiger partial charge in [-0.15, -0.1) is 11.3 Å². The molecule has 0 saturated carbocycles. The molecule has 2 aromatic heterocycles. The number of rotatable bonds is 4. The Morgan fingerprint density at radius 1 is 1.24 bits per heavy atom. The van der Waals surface area contributed by atoms with Gasteiger partial charge in [-0.25, -0.2) is 4.98 Å². The Labute approximate surface area is 148 Å². The molecule has 1 saturated heterocycles. The summed E-state index contributed by atoms with van der Waals surface area (Å²) >= 11 is 1.49. The average molecular weight is 355 g/mol. The van der Waals surface area contributed by atoms with Crippen LogP contribution in [0.15, 0.2) is 48.1 Å². The number of nitrogens with zero attached hydrogens (tertiary/aromatic N) is 3. The third kappa shape index (κ3) is 2.91. The van der Waals surface area contributed by atoms with Crippen LogP contribution in [0.3, 0.4) is 0 Å². The van der Waals surface area contributed by atoms with Gasteiger partial charge in [-0.1, -0.05) is 30.3 Å². The molecule has 0 bridgehead atoms. The van der Waals surface area contributed by atoms with E-state index in [4.69, 9.17) is 0 Å². The molecular formula is C18H17N3O3S. The Morgan fingerprint density at radius 2 is 2.04 bits per heavy atom. The van der Waals surface area contributed by atoms with Crippen molar-refractivity contribution in [3.63, 3.8) is 0 Å². The fourth-order valence-corrected chi connectivity index (χ4v) is 4.31. The van der Waals surface area contributed by atoms with E-state index in [-0.39, 0.29) is 24.8 Å². The first-order chi connectivity index (χ1) is 12.1. The molecule has 3 heterocycles. The molecule has 1 aliphatic heterocycles. The molecule has 4 rings (SSSR count). The van der Waals surface area contributed by atoms with Crippen molar-refractivity contribution in [2.45, 2.75) is 12.3 Å². The van der Waals surface area contributed by atoms with Crippen molar-refractivity contribution in [1.29, 1.82) is 0 Å². The van der Waals surface area contributed by atoms with Crippen LogP contribution in [-0.2, 0) is 16.0 Å². The third-order valence-corrected chi connectivity index (χ3v) is 5.67. The van der Waals surface area contributed by atoms with Crippen LogP contribution in [0, 0.1) is 5.92 Å². The van der Waals surface area contributed by atoms with Crippen molar-refractivity contribution in [1.82, 2.24) is 14.3 Å². The number of aromatic nitrogens is 2. The number of benzene rings is 1. The number of hydrogen-bond donors (Lipinski definition) is 1. The molecular weight excluding hydrogens is 338 g/mol. The van der Waals surface area contributed by atoms with Gasteiger partial charge in [-0.2, -0.15) is 0 Å². The molecule has 7 heteroatoms. The van der Waals surface area contributed by atoms with E-state index < -0.39 is 11.9 Å². The number of thiazole rings is 1. The normalized spacial score (nSPS) is 20.2. The smallest absolute Gasteiger partial charge is 0.308 e. The maximum absolute atomic E-state index is 12.7. The van der Waals surface area contributed by atoms with E-state index in [0.717, 1.165) is 16.2 Å². The van der Waals surface area contributed by atoms with Gasteiger partial charge in [0, 0.05) is 42.5 Å². The van der Waals surface area contributed by atoms with Crippen LogP contribution in [0.5, 0.6) is 0 Å². The number of fused-ring (bicyclic) bond motifs is 1. The topological polar surface area (TPSA) is 74.9 Å². The van der Waals surface area contributed by atoms with Crippen molar-refractivity contribution < 1.29 is 14.7 Å². The Bertz CT molecular complexity index is 918. The van der Waals surface area contributed by atoms with Crippen molar-refractivity contribution in [2.75, 3.05) is 13.1 Å². The predicted octanol–water partition coefficient (Wildman–Crippen LogP) is 2.27. The first kappa shape index (κ1) is 15.8. The van der Waals surface area contributed by atoms with Crippen LogP contribution in [0.1, 0.15) is 17.2 Å². The van der Waals surface area contributed by atoms with Gasteiger partial charge in [-0.05, 0) is 5.56 Å². The summed E-state index contributed by atoms with van der Waals surface area (Å²) in [6.07, 6.45) is 3.80. The minimum Gasteiger partial charge on any atom is -0.481 e. The minimum atomic E-state index is -0.850. The van der Waals surface area contributed by atoms with E-state index >= 15 is 0 Å². The summed E-state index contributed by atoms with van der Waals surface area (Å²) in [6, 6.07) is 9.58. The Hall–Kier alpha value is -2.67. The largest absolute Gasteiger partial charge is 0.481 e. The summed E-state index contributed by atoms with van der Waals surface area (Å²) in [5, 5.41) is 11.5. The zero-order valence-corrected chi connectivity index (χ0v) is 14.2. The second-order valence-electron chi connectivity index (χ2n) is 6.24. The molecule has 1 fully saturated rings. The quantitative estimate of drug-likeness (QED) is 0.779. The number of imidazole rings is 1. The van der Waals surface area contributed by atoms with E-state index in [0.29, 0.717) is 6.54 Å². The van der Waals surface area contributed by atoms with Gasteiger partial charge in [0.2, 0.25) is 5.91 Å². The molecule has 6 nitrogen and oxygen atoms in total. The lowest BCUT2D eigenvalue weighted by Gasteiger charge is -2.16. The fraction of sp³-hybridized carbons (Fsp3) is 0.278. The Balaban J connectivity index is 1.53. The summed E-state index contributed by atoms with van der Waals surface area (Å²) in [7, 11) is 0. The van der Waals surface area contributed by atoms with Gasteiger partial charge in [-0.3, -0.25) is 14.0 Å². The maximum atomic E-state index is 12.7. The predicted molar refractivity (Wildman–Crippen MR) is 93.7 cm³/mol. The molecule has 1 N–H and O–H groups in total. The highest BCUT2D eigenvalue weighted by molar-refractivity contribution is 7.15. The second kappa shape index (κ2) is 6.33. The molecule has 25 heavy (non-hydrogen) atoms.